The van der Waals surface area contributed by atoms with Crippen molar-refractivity contribution in [2.24, 2.45) is 0 Å². The number of nitrogens with zero attached hydrogens (tertiary/aromatic N) is 2. The molecule has 2 aromatic heterocycles. The molecule has 20 heavy (non-hydrogen) atoms. The summed E-state index contributed by atoms with van der Waals surface area (Å²) in [5.74, 6) is 0.713. The number of nitrogens with one attached hydrogen (secondary N) is 1. The summed E-state index contributed by atoms with van der Waals surface area (Å²) in [6.45, 7) is 6.54. The maximum absolute atomic E-state index is 5.49. The zero-order chi connectivity index (χ0) is 13.6. The van der Waals surface area contributed by atoms with Crippen molar-refractivity contribution in [2.75, 3.05) is 39.4 Å². The Hall–Kier alpha value is -1.21. The van der Waals surface area contributed by atoms with Gasteiger partial charge in [-0.2, -0.15) is 0 Å². The second kappa shape index (κ2) is 6.99. The Morgan fingerprint density at radius 1 is 1.35 bits per heavy atom. The van der Waals surface area contributed by atoms with Crippen LogP contribution in [-0.4, -0.2) is 49.3 Å². The van der Waals surface area contributed by atoms with Gasteiger partial charge >= 0.3 is 0 Å². The van der Waals surface area contributed by atoms with Crippen molar-refractivity contribution in [3.63, 3.8) is 0 Å². The molecule has 1 fully saturated rings. The highest BCUT2D eigenvalue weighted by Gasteiger charge is 2.10. The van der Waals surface area contributed by atoms with Crippen LogP contribution >= 0.6 is 11.3 Å². The van der Waals surface area contributed by atoms with E-state index >= 15 is 0 Å². The minimum Gasteiger partial charge on any atom is -0.444 e. The third-order valence-corrected chi connectivity index (χ3v) is 4.16. The molecule has 108 valence electrons. The average Bonchev–Trinajstić information content (AvgIpc) is 3.15. The number of morpholine rings is 1. The minimum atomic E-state index is 0.713. The lowest BCUT2D eigenvalue weighted by molar-refractivity contribution is 0.0384. The molecule has 0 saturated carbocycles. The molecular weight excluding hydrogens is 274 g/mol. The Morgan fingerprint density at radius 2 is 2.25 bits per heavy atom. The van der Waals surface area contributed by atoms with E-state index in [1.807, 2.05) is 17.5 Å². The zero-order valence-electron chi connectivity index (χ0n) is 11.4. The molecule has 0 bridgehead atoms. The van der Waals surface area contributed by atoms with Gasteiger partial charge in [-0.05, 0) is 11.4 Å². The van der Waals surface area contributed by atoms with Gasteiger partial charge in [0.2, 0.25) is 5.89 Å². The molecule has 3 heterocycles. The highest BCUT2D eigenvalue weighted by molar-refractivity contribution is 7.13. The largest absolute Gasteiger partial charge is 0.444 e. The fourth-order valence-electron chi connectivity index (χ4n) is 2.18. The fraction of sp³-hybridized carbons (Fsp3) is 0.500. The molecule has 0 spiro atoms. The van der Waals surface area contributed by atoms with Crippen LogP contribution in [0.5, 0.6) is 0 Å². The van der Waals surface area contributed by atoms with Gasteiger partial charge in [-0.25, -0.2) is 4.98 Å². The van der Waals surface area contributed by atoms with Crippen molar-refractivity contribution >= 4 is 11.3 Å². The molecule has 6 heteroatoms. The van der Waals surface area contributed by atoms with E-state index in [4.69, 9.17) is 9.15 Å². The van der Waals surface area contributed by atoms with Gasteiger partial charge in [-0.3, -0.25) is 4.90 Å². The van der Waals surface area contributed by atoms with Crippen LogP contribution < -0.4 is 5.32 Å². The second-order valence-electron chi connectivity index (χ2n) is 4.75. The van der Waals surface area contributed by atoms with Crippen molar-refractivity contribution in [3.05, 3.63) is 29.5 Å². The molecule has 0 atom stereocenters. The number of oxazole rings is 1. The number of hydrogen-bond donors (Lipinski definition) is 1. The molecule has 5 nitrogen and oxygen atoms in total. The van der Waals surface area contributed by atoms with Gasteiger partial charge in [-0.15, -0.1) is 11.3 Å². The lowest BCUT2D eigenvalue weighted by Crippen LogP contribution is -2.40. The molecule has 1 saturated heterocycles. The Morgan fingerprint density at radius 3 is 3.05 bits per heavy atom. The van der Waals surface area contributed by atoms with E-state index in [-0.39, 0.29) is 0 Å². The number of thiophene rings is 1. The summed E-state index contributed by atoms with van der Waals surface area (Å²) in [7, 11) is 0. The first-order chi connectivity index (χ1) is 9.92. The smallest absolute Gasteiger partial charge is 0.236 e. The maximum Gasteiger partial charge on any atom is 0.236 e. The molecule has 0 unspecified atom stereocenters. The number of hydrogen-bond acceptors (Lipinski definition) is 6. The predicted molar refractivity (Wildman–Crippen MR) is 78.8 cm³/mol. The number of aromatic nitrogens is 1. The number of rotatable bonds is 6. The first-order valence-corrected chi connectivity index (χ1v) is 7.79. The van der Waals surface area contributed by atoms with E-state index in [0.717, 1.165) is 56.5 Å². The van der Waals surface area contributed by atoms with Crippen LogP contribution in [0.15, 0.2) is 28.2 Å². The van der Waals surface area contributed by atoms with Crippen LogP contribution in [0.3, 0.4) is 0 Å². The van der Waals surface area contributed by atoms with Gasteiger partial charge in [0, 0.05) is 32.7 Å². The molecule has 3 rings (SSSR count). The van der Waals surface area contributed by atoms with Gasteiger partial charge < -0.3 is 14.5 Å². The summed E-state index contributed by atoms with van der Waals surface area (Å²) in [5, 5.41) is 5.43. The molecule has 1 aliphatic heterocycles. The molecular formula is C14H19N3O2S. The molecule has 0 amide bonds. The monoisotopic (exact) mass is 293 g/mol. The molecule has 1 aliphatic rings. The van der Waals surface area contributed by atoms with Crippen LogP contribution in [0.25, 0.3) is 10.8 Å². The van der Waals surface area contributed by atoms with Crippen LogP contribution in [0, 0.1) is 0 Å². The topological polar surface area (TPSA) is 50.5 Å². The van der Waals surface area contributed by atoms with Crippen LogP contribution in [0.2, 0.25) is 0 Å². The van der Waals surface area contributed by atoms with E-state index in [1.165, 1.54) is 0 Å². The third kappa shape index (κ3) is 3.67. The third-order valence-electron chi connectivity index (χ3n) is 3.30. The lowest BCUT2D eigenvalue weighted by atomic mass is 10.4. The maximum atomic E-state index is 5.49. The van der Waals surface area contributed by atoms with Crippen molar-refractivity contribution in [1.82, 2.24) is 15.2 Å². The van der Waals surface area contributed by atoms with E-state index < -0.39 is 0 Å². The normalized spacial score (nSPS) is 16.6. The summed E-state index contributed by atoms with van der Waals surface area (Å²) in [6.07, 6.45) is 1.73. The lowest BCUT2D eigenvalue weighted by Gasteiger charge is -2.26. The van der Waals surface area contributed by atoms with E-state index in [9.17, 15) is 0 Å². The van der Waals surface area contributed by atoms with Gasteiger partial charge in [0.15, 0.2) is 0 Å². The van der Waals surface area contributed by atoms with Gasteiger partial charge in [0.1, 0.15) is 6.26 Å². The Kier molecular flexibility index (Phi) is 4.81. The quantitative estimate of drug-likeness (QED) is 0.823. The Balaban J connectivity index is 1.40. The van der Waals surface area contributed by atoms with Gasteiger partial charge in [0.25, 0.3) is 0 Å². The Labute approximate surface area is 122 Å². The van der Waals surface area contributed by atoms with E-state index in [0.29, 0.717) is 5.89 Å². The zero-order valence-corrected chi connectivity index (χ0v) is 12.2. The minimum absolute atomic E-state index is 0.713. The van der Waals surface area contributed by atoms with Crippen LogP contribution in [0.1, 0.15) is 5.69 Å². The molecule has 2 aromatic rings. The van der Waals surface area contributed by atoms with Gasteiger partial charge in [-0.1, -0.05) is 6.07 Å². The molecule has 0 radical (unpaired) electrons. The average molecular weight is 293 g/mol. The van der Waals surface area contributed by atoms with Crippen LogP contribution in [0.4, 0.5) is 0 Å². The molecule has 0 aliphatic carbocycles. The van der Waals surface area contributed by atoms with Crippen molar-refractivity contribution in [2.45, 2.75) is 6.54 Å². The highest BCUT2D eigenvalue weighted by Crippen LogP contribution is 2.23. The summed E-state index contributed by atoms with van der Waals surface area (Å²) < 4.78 is 10.8. The van der Waals surface area contributed by atoms with Crippen molar-refractivity contribution in [3.8, 4) is 10.8 Å². The standard InChI is InChI=1S/C14H19N3O2S/c1-2-13(20-9-1)14-16-12(11-19-14)10-15-3-4-17-5-7-18-8-6-17/h1-2,9,11,15H,3-8,10H2. The van der Waals surface area contributed by atoms with E-state index in [1.54, 1.807) is 17.6 Å². The summed E-state index contributed by atoms with van der Waals surface area (Å²) in [5.41, 5.74) is 0.954. The van der Waals surface area contributed by atoms with Crippen LogP contribution in [-0.2, 0) is 11.3 Å². The predicted octanol–water partition coefficient (Wildman–Crippen LogP) is 1.82. The SMILES string of the molecule is c1csc(-c2nc(CNCCN3CCOCC3)co2)c1. The number of ether oxygens (including phenoxy) is 1. The first kappa shape index (κ1) is 13.8. The van der Waals surface area contributed by atoms with E-state index in [2.05, 4.69) is 15.2 Å². The summed E-state index contributed by atoms with van der Waals surface area (Å²) in [6, 6.07) is 4.02. The summed E-state index contributed by atoms with van der Waals surface area (Å²) >= 11 is 1.64. The highest BCUT2D eigenvalue weighted by atomic mass is 32.1. The first-order valence-electron chi connectivity index (χ1n) is 6.91. The Bertz CT molecular complexity index is 506. The molecule has 1 N–H and O–H groups in total. The van der Waals surface area contributed by atoms with Gasteiger partial charge in [0.05, 0.1) is 23.8 Å². The van der Waals surface area contributed by atoms with Crippen molar-refractivity contribution in [1.29, 1.82) is 0 Å². The summed E-state index contributed by atoms with van der Waals surface area (Å²) in [4.78, 5) is 7.97. The molecule has 0 aromatic carbocycles. The van der Waals surface area contributed by atoms with Crippen molar-refractivity contribution < 1.29 is 9.15 Å². The second-order valence-corrected chi connectivity index (χ2v) is 5.70. The fourth-order valence-corrected chi connectivity index (χ4v) is 2.84.